The molecule has 1 atom stereocenters. The molecule has 0 aromatic heterocycles. The molecule has 20 heavy (non-hydrogen) atoms. The Bertz CT molecular complexity index is 410. The van der Waals surface area contributed by atoms with Crippen molar-refractivity contribution in [2.45, 2.75) is 38.1 Å². The SMILES string of the molecule is N#CCCN1CCC(C(=O)N2CCCC2C(=O)O)CC1. The van der Waals surface area contributed by atoms with Crippen molar-refractivity contribution < 1.29 is 14.7 Å². The summed E-state index contributed by atoms with van der Waals surface area (Å²) < 4.78 is 0. The van der Waals surface area contributed by atoms with E-state index in [9.17, 15) is 9.59 Å². The van der Waals surface area contributed by atoms with Gasteiger partial charge in [0.25, 0.3) is 0 Å². The highest BCUT2D eigenvalue weighted by atomic mass is 16.4. The zero-order valence-electron chi connectivity index (χ0n) is 11.6. The average molecular weight is 279 g/mol. The van der Waals surface area contributed by atoms with Crippen LogP contribution in [0.2, 0.25) is 0 Å². The fourth-order valence-corrected chi connectivity index (χ4v) is 3.13. The van der Waals surface area contributed by atoms with Gasteiger partial charge in [-0.15, -0.1) is 0 Å². The van der Waals surface area contributed by atoms with Crippen LogP contribution in [0.15, 0.2) is 0 Å². The van der Waals surface area contributed by atoms with E-state index in [0.29, 0.717) is 19.4 Å². The van der Waals surface area contributed by atoms with E-state index < -0.39 is 12.0 Å². The third-order valence-corrected chi connectivity index (χ3v) is 4.30. The molecule has 1 N–H and O–H groups in total. The second-order valence-corrected chi connectivity index (χ2v) is 5.55. The van der Waals surface area contributed by atoms with Crippen LogP contribution in [0, 0.1) is 17.2 Å². The van der Waals surface area contributed by atoms with E-state index in [1.165, 1.54) is 0 Å². The van der Waals surface area contributed by atoms with Crippen molar-refractivity contribution in [2.75, 3.05) is 26.2 Å². The Balaban J connectivity index is 1.85. The van der Waals surface area contributed by atoms with Crippen molar-refractivity contribution in [2.24, 2.45) is 5.92 Å². The summed E-state index contributed by atoms with van der Waals surface area (Å²) in [6.07, 6.45) is 3.41. The van der Waals surface area contributed by atoms with Gasteiger partial charge in [-0.05, 0) is 38.8 Å². The third-order valence-electron chi connectivity index (χ3n) is 4.30. The van der Waals surface area contributed by atoms with Gasteiger partial charge in [0.05, 0.1) is 6.07 Å². The number of hydrogen-bond acceptors (Lipinski definition) is 4. The highest BCUT2D eigenvalue weighted by Gasteiger charge is 2.37. The van der Waals surface area contributed by atoms with Gasteiger partial charge in [-0.25, -0.2) is 4.79 Å². The van der Waals surface area contributed by atoms with E-state index >= 15 is 0 Å². The van der Waals surface area contributed by atoms with Gasteiger partial charge in [0.15, 0.2) is 0 Å². The molecule has 2 saturated heterocycles. The van der Waals surface area contributed by atoms with Gasteiger partial charge in [-0.1, -0.05) is 0 Å². The van der Waals surface area contributed by atoms with Gasteiger partial charge >= 0.3 is 5.97 Å². The van der Waals surface area contributed by atoms with E-state index in [-0.39, 0.29) is 11.8 Å². The Morgan fingerprint density at radius 2 is 1.90 bits per heavy atom. The number of piperidine rings is 1. The Morgan fingerprint density at radius 1 is 1.20 bits per heavy atom. The lowest BCUT2D eigenvalue weighted by Gasteiger charge is -2.33. The largest absolute Gasteiger partial charge is 0.480 e. The summed E-state index contributed by atoms with van der Waals surface area (Å²) >= 11 is 0. The molecule has 2 aliphatic rings. The van der Waals surface area contributed by atoms with Crippen LogP contribution in [0.25, 0.3) is 0 Å². The minimum Gasteiger partial charge on any atom is -0.480 e. The lowest BCUT2D eigenvalue weighted by molar-refractivity contribution is -0.150. The molecule has 0 spiro atoms. The summed E-state index contributed by atoms with van der Waals surface area (Å²) in [5.41, 5.74) is 0. The Morgan fingerprint density at radius 3 is 2.50 bits per heavy atom. The van der Waals surface area contributed by atoms with Crippen LogP contribution in [0.5, 0.6) is 0 Å². The molecule has 2 rings (SSSR count). The first-order valence-corrected chi connectivity index (χ1v) is 7.26. The van der Waals surface area contributed by atoms with Gasteiger partial charge in [-0.3, -0.25) is 4.79 Å². The van der Waals surface area contributed by atoms with E-state index in [4.69, 9.17) is 10.4 Å². The lowest BCUT2D eigenvalue weighted by atomic mass is 9.95. The minimum atomic E-state index is -0.887. The smallest absolute Gasteiger partial charge is 0.326 e. The second-order valence-electron chi connectivity index (χ2n) is 5.55. The van der Waals surface area contributed by atoms with Crippen LogP contribution in [0.1, 0.15) is 32.1 Å². The number of likely N-dealkylation sites (tertiary alicyclic amines) is 2. The van der Waals surface area contributed by atoms with Crippen molar-refractivity contribution in [1.29, 1.82) is 5.26 Å². The molecule has 110 valence electrons. The maximum absolute atomic E-state index is 12.4. The monoisotopic (exact) mass is 279 g/mol. The third kappa shape index (κ3) is 3.28. The maximum atomic E-state index is 12.4. The number of nitriles is 1. The molecule has 0 saturated carbocycles. The zero-order chi connectivity index (χ0) is 14.5. The summed E-state index contributed by atoms with van der Waals surface area (Å²) in [5, 5.41) is 17.7. The number of rotatable bonds is 4. The first-order valence-electron chi connectivity index (χ1n) is 7.26. The molecule has 0 aromatic carbocycles. The average Bonchev–Trinajstić information content (AvgIpc) is 2.94. The summed E-state index contributed by atoms with van der Waals surface area (Å²) in [7, 11) is 0. The van der Waals surface area contributed by atoms with Crippen LogP contribution in [-0.2, 0) is 9.59 Å². The molecule has 0 aliphatic carbocycles. The zero-order valence-corrected chi connectivity index (χ0v) is 11.6. The quantitative estimate of drug-likeness (QED) is 0.818. The van der Waals surface area contributed by atoms with Crippen LogP contribution < -0.4 is 0 Å². The lowest BCUT2D eigenvalue weighted by Crippen LogP contribution is -2.46. The fourth-order valence-electron chi connectivity index (χ4n) is 3.13. The van der Waals surface area contributed by atoms with E-state index in [1.54, 1.807) is 4.90 Å². The molecule has 1 amide bonds. The maximum Gasteiger partial charge on any atom is 0.326 e. The molecule has 2 aliphatic heterocycles. The van der Waals surface area contributed by atoms with E-state index in [0.717, 1.165) is 38.9 Å². The van der Waals surface area contributed by atoms with Crippen molar-refractivity contribution in [3.63, 3.8) is 0 Å². The van der Waals surface area contributed by atoms with Crippen LogP contribution in [-0.4, -0.2) is 59.0 Å². The summed E-state index contributed by atoms with van der Waals surface area (Å²) in [4.78, 5) is 27.3. The fraction of sp³-hybridized carbons (Fsp3) is 0.786. The van der Waals surface area contributed by atoms with Crippen molar-refractivity contribution in [3.05, 3.63) is 0 Å². The topological polar surface area (TPSA) is 84.6 Å². The van der Waals surface area contributed by atoms with Crippen LogP contribution >= 0.6 is 0 Å². The van der Waals surface area contributed by atoms with Gasteiger partial charge < -0.3 is 14.9 Å². The van der Waals surface area contributed by atoms with Crippen molar-refractivity contribution in [3.8, 4) is 6.07 Å². The molecule has 2 heterocycles. The summed E-state index contributed by atoms with van der Waals surface area (Å²) in [6.45, 7) is 2.98. The Kier molecular flexibility index (Phi) is 4.96. The van der Waals surface area contributed by atoms with Crippen molar-refractivity contribution in [1.82, 2.24) is 9.80 Å². The first kappa shape index (κ1) is 14.8. The number of nitrogens with zero attached hydrogens (tertiary/aromatic N) is 3. The molecular weight excluding hydrogens is 258 g/mol. The number of carbonyl (C=O) groups is 2. The van der Waals surface area contributed by atoms with Gasteiger partial charge in [0.1, 0.15) is 6.04 Å². The highest BCUT2D eigenvalue weighted by molar-refractivity contribution is 5.85. The Labute approximate surface area is 119 Å². The highest BCUT2D eigenvalue weighted by Crippen LogP contribution is 2.25. The molecule has 0 radical (unpaired) electrons. The normalized spacial score (nSPS) is 24.6. The van der Waals surface area contributed by atoms with E-state index in [1.807, 2.05) is 0 Å². The number of amides is 1. The van der Waals surface area contributed by atoms with E-state index in [2.05, 4.69) is 11.0 Å². The molecule has 6 nitrogen and oxygen atoms in total. The Hall–Kier alpha value is -1.61. The first-order chi connectivity index (χ1) is 9.63. The number of hydrogen-bond donors (Lipinski definition) is 1. The van der Waals surface area contributed by atoms with Gasteiger partial charge in [0, 0.05) is 25.4 Å². The number of carbonyl (C=O) groups excluding carboxylic acids is 1. The standard InChI is InChI=1S/C14H21N3O3/c15-6-2-7-16-9-4-11(5-10-16)13(18)17-8-1-3-12(17)14(19)20/h11-12H,1-5,7-10H2,(H,19,20). The summed E-state index contributed by atoms with van der Waals surface area (Å²) in [5.74, 6) is -0.926. The number of aliphatic carboxylic acids is 1. The number of carboxylic acids is 1. The second kappa shape index (κ2) is 6.71. The molecule has 6 heteroatoms. The molecule has 0 bridgehead atoms. The van der Waals surface area contributed by atoms with Gasteiger partial charge in [0.2, 0.25) is 5.91 Å². The minimum absolute atomic E-state index is 0.00910. The predicted octanol–water partition coefficient (Wildman–Crippen LogP) is 0.688. The predicted molar refractivity (Wildman–Crippen MR) is 71.8 cm³/mol. The molecule has 0 aromatic rings. The molecule has 1 unspecified atom stereocenters. The van der Waals surface area contributed by atoms with Crippen LogP contribution in [0.4, 0.5) is 0 Å². The molecular formula is C14H21N3O3. The van der Waals surface area contributed by atoms with Gasteiger partial charge in [-0.2, -0.15) is 5.26 Å². The van der Waals surface area contributed by atoms with Crippen LogP contribution in [0.3, 0.4) is 0 Å². The van der Waals surface area contributed by atoms with Crippen molar-refractivity contribution >= 4 is 11.9 Å². The summed E-state index contributed by atoms with van der Waals surface area (Å²) in [6, 6.07) is 1.50. The molecule has 2 fully saturated rings. The number of carboxylic acid groups (broad SMARTS) is 1.